The highest BCUT2D eigenvalue weighted by Crippen LogP contribution is 2.30. The number of phenols is 1. The highest BCUT2D eigenvalue weighted by Gasteiger charge is 2.27. The molecule has 1 aromatic rings. The average molecular weight is 194 g/mol. The standard InChI is InChI=1S/C12H18O2/c1-9(14-4)12(2,3)10-6-5-7-11(13)8-10/h5-9,13H,1-4H3. The van der Waals surface area contributed by atoms with Crippen LogP contribution in [-0.2, 0) is 10.2 Å². The first-order valence-electron chi connectivity index (χ1n) is 4.80. The number of aromatic hydroxyl groups is 1. The molecule has 0 aliphatic carbocycles. The molecule has 1 atom stereocenters. The molecule has 0 saturated heterocycles. The van der Waals surface area contributed by atoms with Crippen molar-refractivity contribution in [3.05, 3.63) is 29.8 Å². The summed E-state index contributed by atoms with van der Waals surface area (Å²) in [5.41, 5.74) is 1.000. The van der Waals surface area contributed by atoms with Gasteiger partial charge in [0.2, 0.25) is 0 Å². The Morgan fingerprint density at radius 1 is 1.36 bits per heavy atom. The minimum atomic E-state index is -0.0898. The Labute approximate surface area is 85.5 Å². The monoisotopic (exact) mass is 194 g/mol. The number of rotatable bonds is 3. The lowest BCUT2D eigenvalue weighted by molar-refractivity contribution is 0.0607. The van der Waals surface area contributed by atoms with Crippen molar-refractivity contribution in [2.24, 2.45) is 0 Å². The van der Waals surface area contributed by atoms with Gasteiger partial charge in [0, 0.05) is 12.5 Å². The molecule has 78 valence electrons. The zero-order chi connectivity index (χ0) is 10.8. The number of benzene rings is 1. The van der Waals surface area contributed by atoms with Crippen molar-refractivity contribution in [1.29, 1.82) is 0 Å². The van der Waals surface area contributed by atoms with Crippen molar-refractivity contribution in [3.63, 3.8) is 0 Å². The first kappa shape index (κ1) is 11.1. The maximum atomic E-state index is 9.39. The summed E-state index contributed by atoms with van der Waals surface area (Å²) in [7, 11) is 1.70. The van der Waals surface area contributed by atoms with Gasteiger partial charge in [-0.25, -0.2) is 0 Å². The first-order chi connectivity index (χ1) is 6.48. The van der Waals surface area contributed by atoms with Gasteiger partial charge in [0.25, 0.3) is 0 Å². The van der Waals surface area contributed by atoms with Crippen LogP contribution in [-0.4, -0.2) is 18.3 Å². The average Bonchev–Trinajstić information content (AvgIpc) is 2.16. The normalized spacial score (nSPS) is 14.0. The van der Waals surface area contributed by atoms with Crippen LogP contribution in [0.25, 0.3) is 0 Å². The van der Waals surface area contributed by atoms with E-state index >= 15 is 0 Å². The summed E-state index contributed by atoms with van der Waals surface area (Å²) < 4.78 is 5.33. The van der Waals surface area contributed by atoms with E-state index in [0.717, 1.165) is 5.56 Å². The van der Waals surface area contributed by atoms with Gasteiger partial charge in [-0.1, -0.05) is 26.0 Å². The second-order valence-electron chi connectivity index (χ2n) is 4.15. The highest BCUT2D eigenvalue weighted by atomic mass is 16.5. The number of phenolic OH excluding ortho intramolecular Hbond substituents is 1. The molecule has 1 rings (SSSR count). The predicted molar refractivity (Wildman–Crippen MR) is 57.6 cm³/mol. The maximum absolute atomic E-state index is 9.39. The third-order valence-corrected chi connectivity index (χ3v) is 2.96. The number of methoxy groups -OCH3 is 1. The molecule has 0 aromatic heterocycles. The van der Waals surface area contributed by atoms with E-state index in [0.29, 0.717) is 5.75 Å². The van der Waals surface area contributed by atoms with Crippen LogP contribution in [0.4, 0.5) is 0 Å². The van der Waals surface area contributed by atoms with Crippen molar-refractivity contribution in [2.45, 2.75) is 32.3 Å². The molecule has 0 bridgehead atoms. The molecule has 0 aliphatic heterocycles. The molecule has 14 heavy (non-hydrogen) atoms. The summed E-state index contributed by atoms with van der Waals surface area (Å²) in [5, 5.41) is 9.39. The van der Waals surface area contributed by atoms with Crippen LogP contribution in [0.3, 0.4) is 0 Å². The Kier molecular flexibility index (Phi) is 3.17. The van der Waals surface area contributed by atoms with Crippen molar-refractivity contribution in [3.8, 4) is 5.75 Å². The molecular formula is C12H18O2. The van der Waals surface area contributed by atoms with Gasteiger partial charge >= 0.3 is 0 Å². The van der Waals surface area contributed by atoms with E-state index in [4.69, 9.17) is 4.74 Å². The number of hydrogen-bond acceptors (Lipinski definition) is 2. The van der Waals surface area contributed by atoms with Gasteiger partial charge in [0.05, 0.1) is 6.10 Å². The summed E-state index contributed by atoms with van der Waals surface area (Å²) in [6.45, 7) is 6.25. The SMILES string of the molecule is COC(C)C(C)(C)c1cccc(O)c1. The molecule has 0 fully saturated rings. The fourth-order valence-corrected chi connectivity index (χ4v) is 1.44. The Hall–Kier alpha value is -1.02. The van der Waals surface area contributed by atoms with E-state index in [1.54, 1.807) is 19.2 Å². The third kappa shape index (κ3) is 2.07. The zero-order valence-electron chi connectivity index (χ0n) is 9.24. The second-order valence-corrected chi connectivity index (χ2v) is 4.15. The van der Waals surface area contributed by atoms with Crippen LogP contribution >= 0.6 is 0 Å². The van der Waals surface area contributed by atoms with Gasteiger partial charge in [-0.3, -0.25) is 0 Å². The molecule has 2 nitrogen and oxygen atoms in total. The molecule has 1 aromatic carbocycles. The van der Waals surface area contributed by atoms with Crippen LogP contribution < -0.4 is 0 Å². The Bertz CT molecular complexity index is 305. The van der Waals surface area contributed by atoms with Gasteiger partial charge in [-0.2, -0.15) is 0 Å². The van der Waals surface area contributed by atoms with Crippen LogP contribution in [0.2, 0.25) is 0 Å². The minimum absolute atomic E-state index is 0.0898. The lowest BCUT2D eigenvalue weighted by Gasteiger charge is -2.31. The largest absolute Gasteiger partial charge is 0.508 e. The third-order valence-electron chi connectivity index (χ3n) is 2.96. The fraction of sp³-hybridized carbons (Fsp3) is 0.500. The molecule has 1 N–H and O–H groups in total. The quantitative estimate of drug-likeness (QED) is 0.801. The lowest BCUT2D eigenvalue weighted by Crippen LogP contribution is -2.32. The summed E-state index contributed by atoms with van der Waals surface area (Å²) in [5.74, 6) is 0.305. The van der Waals surface area contributed by atoms with Crippen molar-refractivity contribution in [2.75, 3.05) is 7.11 Å². The Balaban J connectivity index is 3.03. The molecule has 0 spiro atoms. The number of ether oxygens (including phenoxy) is 1. The molecule has 0 heterocycles. The van der Waals surface area contributed by atoms with Gasteiger partial charge in [-0.15, -0.1) is 0 Å². The summed E-state index contributed by atoms with van der Waals surface area (Å²) in [4.78, 5) is 0. The molecule has 0 aliphatic rings. The minimum Gasteiger partial charge on any atom is -0.508 e. The van der Waals surface area contributed by atoms with Crippen LogP contribution in [0, 0.1) is 0 Å². The van der Waals surface area contributed by atoms with E-state index < -0.39 is 0 Å². The van der Waals surface area contributed by atoms with Crippen LogP contribution in [0.15, 0.2) is 24.3 Å². The van der Waals surface area contributed by atoms with E-state index in [1.165, 1.54) is 0 Å². The summed E-state index contributed by atoms with van der Waals surface area (Å²) in [6.07, 6.45) is 0.115. The van der Waals surface area contributed by atoms with E-state index in [2.05, 4.69) is 13.8 Å². The van der Waals surface area contributed by atoms with Gasteiger partial charge in [0.1, 0.15) is 5.75 Å². The van der Waals surface area contributed by atoms with Crippen molar-refractivity contribution in [1.82, 2.24) is 0 Å². The molecular weight excluding hydrogens is 176 g/mol. The zero-order valence-corrected chi connectivity index (χ0v) is 9.24. The number of hydrogen-bond donors (Lipinski definition) is 1. The van der Waals surface area contributed by atoms with E-state index in [-0.39, 0.29) is 11.5 Å². The summed E-state index contributed by atoms with van der Waals surface area (Å²) >= 11 is 0. The first-order valence-corrected chi connectivity index (χ1v) is 4.80. The van der Waals surface area contributed by atoms with E-state index in [9.17, 15) is 5.11 Å². The van der Waals surface area contributed by atoms with Crippen molar-refractivity contribution < 1.29 is 9.84 Å². The molecule has 0 saturated carbocycles. The smallest absolute Gasteiger partial charge is 0.115 e. The highest BCUT2D eigenvalue weighted by molar-refractivity contribution is 5.32. The van der Waals surface area contributed by atoms with Gasteiger partial charge in [0.15, 0.2) is 0 Å². The van der Waals surface area contributed by atoms with E-state index in [1.807, 2.05) is 19.1 Å². The van der Waals surface area contributed by atoms with Gasteiger partial charge in [-0.05, 0) is 24.6 Å². The molecule has 0 radical (unpaired) electrons. The lowest BCUT2D eigenvalue weighted by atomic mass is 9.80. The van der Waals surface area contributed by atoms with Crippen LogP contribution in [0.5, 0.6) is 5.75 Å². The second kappa shape index (κ2) is 4.01. The molecule has 1 unspecified atom stereocenters. The van der Waals surface area contributed by atoms with Crippen LogP contribution in [0.1, 0.15) is 26.3 Å². The molecule has 0 amide bonds. The maximum Gasteiger partial charge on any atom is 0.115 e. The van der Waals surface area contributed by atoms with Crippen molar-refractivity contribution >= 4 is 0 Å². The topological polar surface area (TPSA) is 29.5 Å². The van der Waals surface area contributed by atoms with Gasteiger partial charge < -0.3 is 9.84 Å². The molecule has 2 heteroatoms. The fourth-order valence-electron chi connectivity index (χ4n) is 1.44. The predicted octanol–water partition coefficient (Wildman–Crippen LogP) is 2.70. The Morgan fingerprint density at radius 2 is 2.00 bits per heavy atom. The Morgan fingerprint density at radius 3 is 2.50 bits per heavy atom. The summed E-state index contributed by atoms with van der Waals surface area (Å²) in [6, 6.07) is 7.33.